The average molecular weight is 332 g/mol. The molecule has 3 rings (SSSR count). The molecule has 7 heteroatoms. The summed E-state index contributed by atoms with van der Waals surface area (Å²) in [5, 5.41) is 5.35. The topological polar surface area (TPSA) is 83.6 Å². The smallest absolute Gasteiger partial charge is 0.407 e. The van der Waals surface area contributed by atoms with E-state index >= 15 is 0 Å². The van der Waals surface area contributed by atoms with Gasteiger partial charge in [-0.2, -0.15) is 0 Å². The number of carbonyl (C=O) groups is 2. The van der Waals surface area contributed by atoms with E-state index in [1.54, 1.807) is 6.20 Å². The number of hydrogen-bond donors (Lipinski definition) is 2. The summed E-state index contributed by atoms with van der Waals surface area (Å²) >= 11 is 0. The Kier molecular flexibility index (Phi) is 5.51. The summed E-state index contributed by atoms with van der Waals surface area (Å²) in [5.41, 5.74) is 0.997. The number of carbonyl (C=O) groups excluding carboxylic acids is 2. The summed E-state index contributed by atoms with van der Waals surface area (Å²) in [6.07, 6.45) is 7.44. The van der Waals surface area contributed by atoms with E-state index in [4.69, 9.17) is 4.74 Å². The Morgan fingerprint density at radius 3 is 2.75 bits per heavy atom. The first-order chi connectivity index (χ1) is 11.7. The molecule has 1 aromatic heterocycles. The van der Waals surface area contributed by atoms with E-state index in [0.29, 0.717) is 6.54 Å². The van der Waals surface area contributed by atoms with Crippen molar-refractivity contribution in [2.24, 2.45) is 0 Å². The third-order valence-electron chi connectivity index (χ3n) is 4.47. The molecule has 2 aliphatic heterocycles. The van der Waals surface area contributed by atoms with Crippen LogP contribution >= 0.6 is 0 Å². The van der Waals surface area contributed by atoms with Gasteiger partial charge in [-0.15, -0.1) is 0 Å². The van der Waals surface area contributed by atoms with Crippen LogP contribution in [0, 0.1) is 0 Å². The Morgan fingerprint density at radius 2 is 2.04 bits per heavy atom. The number of nitrogens with one attached hydrogen (secondary N) is 2. The van der Waals surface area contributed by atoms with Crippen LogP contribution in [0.1, 0.15) is 37.7 Å². The van der Waals surface area contributed by atoms with Crippen LogP contribution in [0.3, 0.4) is 0 Å². The van der Waals surface area contributed by atoms with Gasteiger partial charge in [0.1, 0.15) is 18.5 Å². The number of amides is 2. The van der Waals surface area contributed by atoms with E-state index < -0.39 is 12.1 Å². The largest absolute Gasteiger partial charge is 0.447 e. The quantitative estimate of drug-likeness (QED) is 0.874. The zero-order valence-electron chi connectivity index (χ0n) is 13.8. The molecule has 1 atom stereocenters. The molecule has 0 saturated carbocycles. The van der Waals surface area contributed by atoms with Crippen molar-refractivity contribution in [3.8, 4) is 0 Å². The van der Waals surface area contributed by atoms with Crippen molar-refractivity contribution in [2.75, 3.05) is 24.6 Å². The molecule has 0 radical (unpaired) electrons. The minimum absolute atomic E-state index is 0.0800. The van der Waals surface area contributed by atoms with E-state index in [1.165, 1.54) is 32.1 Å². The molecular formula is C17H24N4O3. The third-order valence-corrected chi connectivity index (χ3v) is 4.47. The first-order valence-electron chi connectivity index (χ1n) is 8.64. The Balaban J connectivity index is 1.63. The number of rotatable bonds is 4. The summed E-state index contributed by atoms with van der Waals surface area (Å²) in [6, 6.07) is 3.26. The van der Waals surface area contributed by atoms with Gasteiger partial charge in [-0.3, -0.25) is 4.79 Å². The first-order valence-corrected chi connectivity index (χ1v) is 8.64. The number of alkyl carbamates (subject to hydrolysis) is 1. The summed E-state index contributed by atoms with van der Waals surface area (Å²) < 4.78 is 4.75. The van der Waals surface area contributed by atoms with Crippen LogP contribution in [0.4, 0.5) is 10.6 Å². The molecule has 2 amide bonds. The number of anilines is 1. The molecule has 2 fully saturated rings. The normalized spacial score (nSPS) is 21.4. The lowest BCUT2D eigenvalue weighted by molar-refractivity contribution is -0.122. The lowest BCUT2D eigenvalue weighted by Gasteiger charge is -2.27. The second-order valence-corrected chi connectivity index (χ2v) is 6.25. The molecular weight excluding hydrogens is 308 g/mol. The van der Waals surface area contributed by atoms with Gasteiger partial charge in [0.05, 0.1) is 0 Å². The highest BCUT2D eigenvalue weighted by Gasteiger charge is 2.28. The van der Waals surface area contributed by atoms with Crippen LogP contribution in [0.25, 0.3) is 0 Å². The lowest BCUT2D eigenvalue weighted by atomic mass is 10.1. The second kappa shape index (κ2) is 7.99. The van der Waals surface area contributed by atoms with Crippen LogP contribution in [0.15, 0.2) is 18.3 Å². The molecule has 2 aliphatic rings. The van der Waals surface area contributed by atoms with Gasteiger partial charge in [-0.1, -0.05) is 25.3 Å². The Morgan fingerprint density at radius 1 is 1.29 bits per heavy atom. The fraction of sp³-hybridized carbons (Fsp3) is 0.588. The minimum atomic E-state index is -0.612. The van der Waals surface area contributed by atoms with E-state index in [1.807, 2.05) is 12.1 Å². The van der Waals surface area contributed by atoms with Crippen LogP contribution in [-0.2, 0) is 16.1 Å². The fourth-order valence-corrected chi connectivity index (χ4v) is 3.14. The molecule has 2 N–H and O–H groups in total. The standard InChI is InChI=1S/C17H24N4O3/c22-16(14-12-24-17(23)20-14)19-11-13-7-6-8-18-15(13)21-9-4-2-1-3-5-10-21/h6-8,14H,1-5,9-12H2,(H,19,22)(H,20,23)/t14-/m1/s1. The molecule has 0 spiro atoms. The monoisotopic (exact) mass is 332 g/mol. The van der Waals surface area contributed by atoms with Gasteiger partial charge in [0.2, 0.25) is 5.91 Å². The molecule has 0 aliphatic carbocycles. The highest BCUT2D eigenvalue weighted by atomic mass is 16.6. The molecule has 0 aromatic carbocycles. The van der Waals surface area contributed by atoms with Crippen molar-refractivity contribution in [1.29, 1.82) is 0 Å². The summed E-state index contributed by atoms with van der Waals surface area (Å²) in [5.74, 6) is 0.717. The molecule has 1 aromatic rings. The van der Waals surface area contributed by atoms with Gasteiger partial charge < -0.3 is 20.3 Å². The number of aromatic nitrogens is 1. The summed E-state index contributed by atoms with van der Waals surface area (Å²) in [6.45, 7) is 2.48. The Hall–Kier alpha value is -2.31. The number of cyclic esters (lactones) is 1. The lowest BCUT2D eigenvalue weighted by Crippen LogP contribution is -2.42. The predicted octanol–water partition coefficient (Wildman–Crippen LogP) is 1.58. The number of pyridine rings is 1. The molecule has 2 saturated heterocycles. The van der Waals surface area contributed by atoms with Gasteiger partial charge in [0.15, 0.2) is 0 Å². The zero-order chi connectivity index (χ0) is 16.8. The molecule has 130 valence electrons. The van der Waals surface area contributed by atoms with Gasteiger partial charge in [-0.05, 0) is 18.9 Å². The van der Waals surface area contributed by atoms with Crippen molar-refractivity contribution in [2.45, 2.75) is 44.7 Å². The van der Waals surface area contributed by atoms with E-state index in [9.17, 15) is 9.59 Å². The van der Waals surface area contributed by atoms with Crippen LogP contribution < -0.4 is 15.5 Å². The van der Waals surface area contributed by atoms with Crippen molar-refractivity contribution >= 4 is 17.8 Å². The Labute approximate surface area is 141 Å². The number of ether oxygens (including phenoxy) is 1. The molecule has 24 heavy (non-hydrogen) atoms. The summed E-state index contributed by atoms with van der Waals surface area (Å²) in [4.78, 5) is 30.0. The van der Waals surface area contributed by atoms with E-state index in [0.717, 1.165) is 24.5 Å². The third kappa shape index (κ3) is 4.15. The maximum atomic E-state index is 12.1. The van der Waals surface area contributed by atoms with Crippen LogP contribution in [0.5, 0.6) is 0 Å². The first kappa shape index (κ1) is 16.5. The van der Waals surface area contributed by atoms with Gasteiger partial charge >= 0.3 is 6.09 Å². The van der Waals surface area contributed by atoms with Gasteiger partial charge in [0.25, 0.3) is 0 Å². The van der Waals surface area contributed by atoms with Crippen LogP contribution in [-0.4, -0.2) is 42.7 Å². The maximum Gasteiger partial charge on any atom is 0.407 e. The van der Waals surface area contributed by atoms with Crippen molar-refractivity contribution in [1.82, 2.24) is 15.6 Å². The van der Waals surface area contributed by atoms with Gasteiger partial charge in [0, 0.05) is 31.4 Å². The Bertz CT molecular complexity index is 585. The maximum absolute atomic E-state index is 12.1. The van der Waals surface area contributed by atoms with E-state index in [2.05, 4.69) is 20.5 Å². The highest BCUT2D eigenvalue weighted by molar-refractivity contribution is 5.87. The average Bonchev–Trinajstić information content (AvgIpc) is 2.99. The fourth-order valence-electron chi connectivity index (χ4n) is 3.14. The number of nitrogens with zero attached hydrogens (tertiary/aromatic N) is 2. The molecule has 7 nitrogen and oxygen atoms in total. The van der Waals surface area contributed by atoms with Crippen molar-refractivity contribution in [3.05, 3.63) is 23.9 Å². The second-order valence-electron chi connectivity index (χ2n) is 6.25. The molecule has 3 heterocycles. The van der Waals surface area contributed by atoms with Crippen LogP contribution in [0.2, 0.25) is 0 Å². The zero-order valence-corrected chi connectivity index (χ0v) is 13.8. The predicted molar refractivity (Wildman–Crippen MR) is 89.7 cm³/mol. The van der Waals surface area contributed by atoms with Crippen molar-refractivity contribution < 1.29 is 14.3 Å². The summed E-state index contributed by atoms with van der Waals surface area (Å²) in [7, 11) is 0. The van der Waals surface area contributed by atoms with E-state index in [-0.39, 0.29) is 12.5 Å². The molecule has 0 unspecified atom stereocenters. The minimum Gasteiger partial charge on any atom is -0.447 e. The molecule has 0 bridgehead atoms. The number of hydrogen-bond acceptors (Lipinski definition) is 5. The highest BCUT2D eigenvalue weighted by Crippen LogP contribution is 2.21. The SMILES string of the molecule is O=C1N[C@@H](C(=O)NCc2cccnc2N2CCCCCCC2)CO1. The van der Waals surface area contributed by atoms with Gasteiger partial charge in [-0.25, -0.2) is 9.78 Å². The van der Waals surface area contributed by atoms with Crippen molar-refractivity contribution in [3.63, 3.8) is 0 Å².